The van der Waals surface area contributed by atoms with Crippen LogP contribution < -0.4 is 4.74 Å². The molecule has 3 rings (SSSR count). The third-order valence-electron chi connectivity index (χ3n) is 5.20. The first-order valence-corrected chi connectivity index (χ1v) is 9.68. The maximum Gasteiger partial charge on any atom is 0.160 e. The molecule has 0 aliphatic carbocycles. The molecule has 0 spiro atoms. The summed E-state index contributed by atoms with van der Waals surface area (Å²) in [4.78, 5) is 0. The van der Waals surface area contributed by atoms with Crippen molar-refractivity contribution in [2.24, 2.45) is 0 Å². The molecule has 3 N–H and O–H groups in total. The smallest absolute Gasteiger partial charge is 0.160 e. The van der Waals surface area contributed by atoms with E-state index in [2.05, 4.69) is 31.2 Å². The van der Waals surface area contributed by atoms with E-state index in [4.69, 9.17) is 9.84 Å². The summed E-state index contributed by atoms with van der Waals surface area (Å²) in [6, 6.07) is 11.2. The van der Waals surface area contributed by atoms with Gasteiger partial charge in [0.15, 0.2) is 11.5 Å². The van der Waals surface area contributed by atoms with Crippen LogP contribution in [-0.4, -0.2) is 27.5 Å². The van der Waals surface area contributed by atoms with Gasteiger partial charge in [-0.1, -0.05) is 35.9 Å². The van der Waals surface area contributed by atoms with Crippen molar-refractivity contribution in [1.82, 2.24) is 0 Å². The highest BCUT2D eigenvalue weighted by Crippen LogP contribution is 2.35. The molecule has 4 heteroatoms. The van der Waals surface area contributed by atoms with Gasteiger partial charge in [-0.05, 0) is 74.9 Å². The molecular weight excluding hydrogens is 352 g/mol. The summed E-state index contributed by atoms with van der Waals surface area (Å²) in [5, 5.41) is 28.7. The largest absolute Gasteiger partial charge is 0.504 e. The molecule has 2 aromatic carbocycles. The normalized spacial score (nSPS) is 18.6. The second-order valence-electron chi connectivity index (χ2n) is 7.65. The van der Waals surface area contributed by atoms with Gasteiger partial charge in [-0.2, -0.15) is 0 Å². The number of phenols is 2. The van der Waals surface area contributed by atoms with Gasteiger partial charge in [0.1, 0.15) is 11.4 Å². The number of aliphatic hydroxyl groups excluding tert-OH is 1. The van der Waals surface area contributed by atoms with Crippen molar-refractivity contribution in [3.63, 3.8) is 0 Å². The first kappa shape index (κ1) is 20.0. The molecule has 0 saturated heterocycles. The first-order valence-electron chi connectivity index (χ1n) is 9.68. The second kappa shape index (κ2) is 8.53. The third-order valence-corrected chi connectivity index (χ3v) is 5.20. The molecule has 28 heavy (non-hydrogen) atoms. The van der Waals surface area contributed by atoms with Crippen molar-refractivity contribution < 1.29 is 20.1 Å². The van der Waals surface area contributed by atoms with Crippen molar-refractivity contribution in [2.45, 2.75) is 45.1 Å². The van der Waals surface area contributed by atoms with Crippen LogP contribution in [0.3, 0.4) is 0 Å². The minimum atomic E-state index is -0.353. The van der Waals surface area contributed by atoms with Gasteiger partial charge in [0.05, 0.1) is 6.61 Å². The third kappa shape index (κ3) is 4.76. The zero-order chi connectivity index (χ0) is 20.1. The van der Waals surface area contributed by atoms with E-state index in [1.807, 2.05) is 25.1 Å². The van der Waals surface area contributed by atoms with Gasteiger partial charge in [-0.3, -0.25) is 0 Å². The molecule has 1 aliphatic heterocycles. The molecule has 0 amide bonds. The Labute approximate surface area is 166 Å². The summed E-state index contributed by atoms with van der Waals surface area (Å²) in [6.45, 7) is 4.10. The number of hydrogen-bond donors (Lipinski definition) is 3. The predicted molar refractivity (Wildman–Crippen MR) is 112 cm³/mol. The number of benzene rings is 2. The van der Waals surface area contributed by atoms with Gasteiger partial charge in [-0.25, -0.2) is 0 Å². The highest BCUT2D eigenvalue weighted by molar-refractivity contribution is 5.62. The Balaban J connectivity index is 1.65. The fourth-order valence-electron chi connectivity index (χ4n) is 3.39. The summed E-state index contributed by atoms with van der Waals surface area (Å²) in [6.07, 6.45) is 9.38. The van der Waals surface area contributed by atoms with E-state index in [9.17, 15) is 10.2 Å². The van der Waals surface area contributed by atoms with Crippen LogP contribution in [0.1, 0.15) is 43.4 Å². The van der Waals surface area contributed by atoms with Crippen LogP contribution in [0.2, 0.25) is 0 Å². The van der Waals surface area contributed by atoms with E-state index in [0.29, 0.717) is 6.42 Å². The zero-order valence-corrected chi connectivity index (χ0v) is 16.5. The molecule has 0 saturated carbocycles. The summed E-state index contributed by atoms with van der Waals surface area (Å²) < 4.78 is 6.24. The van der Waals surface area contributed by atoms with Gasteiger partial charge < -0.3 is 20.1 Å². The van der Waals surface area contributed by atoms with Gasteiger partial charge >= 0.3 is 0 Å². The summed E-state index contributed by atoms with van der Waals surface area (Å²) in [5.74, 6) is 0.754. The van der Waals surface area contributed by atoms with Gasteiger partial charge in [0.25, 0.3) is 0 Å². The number of aliphatic hydroxyl groups is 1. The minimum Gasteiger partial charge on any atom is -0.504 e. The number of ether oxygens (including phenoxy) is 1. The highest BCUT2D eigenvalue weighted by atomic mass is 16.5. The number of para-hydroxylation sites is 1. The van der Waals surface area contributed by atoms with Crippen molar-refractivity contribution in [3.8, 4) is 17.2 Å². The molecule has 4 nitrogen and oxygen atoms in total. The Morgan fingerprint density at radius 3 is 2.75 bits per heavy atom. The molecule has 0 radical (unpaired) electrons. The van der Waals surface area contributed by atoms with Crippen LogP contribution in [0.5, 0.6) is 17.2 Å². The molecule has 0 aromatic heterocycles. The number of aromatic hydroxyl groups is 2. The number of allylic oxidation sites excluding steroid dienone is 1. The lowest BCUT2D eigenvalue weighted by molar-refractivity contribution is 0.128. The Morgan fingerprint density at radius 1 is 1.14 bits per heavy atom. The van der Waals surface area contributed by atoms with Crippen LogP contribution in [0, 0.1) is 0 Å². The first-order chi connectivity index (χ1) is 13.4. The monoisotopic (exact) mass is 380 g/mol. The Kier molecular flexibility index (Phi) is 6.10. The Morgan fingerprint density at radius 2 is 1.96 bits per heavy atom. The van der Waals surface area contributed by atoms with Crippen LogP contribution in [-0.2, 0) is 12.8 Å². The molecule has 1 heterocycles. The molecular formula is C24H28O4. The minimum absolute atomic E-state index is 0.0371. The quantitative estimate of drug-likeness (QED) is 0.478. The standard InChI is InChI=1S/C24H28O4/c1-17(16-25)5-4-13-24(2)14-12-20-15-18(9-11-22(20)28-24)8-10-19-6-3-7-21(26)23(19)27/h3,5-7,9,11-12,14-15,25-27H,4,8,10,13,16H2,1-2H3/b17-5+/t24-/m0/s1. The molecule has 0 fully saturated rings. The zero-order valence-electron chi connectivity index (χ0n) is 16.5. The Bertz CT molecular complexity index is 897. The topological polar surface area (TPSA) is 69.9 Å². The maximum atomic E-state index is 9.95. The SMILES string of the molecule is C/C(=C\CC[C@@]1(C)C=Cc2cc(CCc3cccc(O)c3O)ccc2O1)CO. The lowest BCUT2D eigenvalue weighted by Gasteiger charge is -2.31. The molecule has 2 aromatic rings. The average Bonchev–Trinajstić information content (AvgIpc) is 2.69. The van der Waals surface area contributed by atoms with Crippen LogP contribution >= 0.6 is 0 Å². The van der Waals surface area contributed by atoms with Gasteiger partial charge in [-0.15, -0.1) is 0 Å². The van der Waals surface area contributed by atoms with E-state index in [-0.39, 0.29) is 23.7 Å². The second-order valence-corrected chi connectivity index (χ2v) is 7.65. The van der Waals surface area contributed by atoms with Crippen molar-refractivity contribution in [3.05, 3.63) is 70.8 Å². The Hall–Kier alpha value is -2.72. The summed E-state index contributed by atoms with van der Waals surface area (Å²) in [5.41, 5.74) is 3.57. The predicted octanol–water partition coefficient (Wildman–Crippen LogP) is 4.77. The number of hydrogen-bond acceptors (Lipinski definition) is 4. The van der Waals surface area contributed by atoms with Crippen molar-refractivity contribution >= 4 is 6.08 Å². The van der Waals surface area contributed by atoms with E-state index in [1.54, 1.807) is 6.07 Å². The van der Waals surface area contributed by atoms with E-state index in [1.165, 1.54) is 6.07 Å². The van der Waals surface area contributed by atoms with Crippen molar-refractivity contribution in [2.75, 3.05) is 6.61 Å². The molecule has 1 atom stereocenters. The van der Waals surface area contributed by atoms with Gasteiger partial charge in [0.2, 0.25) is 0 Å². The molecule has 1 aliphatic rings. The number of aryl methyl sites for hydroxylation is 2. The van der Waals surface area contributed by atoms with Crippen LogP contribution in [0.4, 0.5) is 0 Å². The fraction of sp³-hybridized carbons (Fsp3) is 0.333. The number of phenolic OH excluding ortho intramolecular Hbond substituents is 2. The van der Waals surface area contributed by atoms with E-state index in [0.717, 1.165) is 47.3 Å². The number of fused-ring (bicyclic) bond motifs is 1. The van der Waals surface area contributed by atoms with Crippen molar-refractivity contribution in [1.29, 1.82) is 0 Å². The maximum absolute atomic E-state index is 9.95. The molecule has 148 valence electrons. The summed E-state index contributed by atoms with van der Waals surface area (Å²) in [7, 11) is 0. The summed E-state index contributed by atoms with van der Waals surface area (Å²) >= 11 is 0. The molecule has 0 bridgehead atoms. The number of rotatable bonds is 7. The lowest BCUT2D eigenvalue weighted by atomic mass is 9.93. The molecule has 0 unspecified atom stereocenters. The highest BCUT2D eigenvalue weighted by Gasteiger charge is 2.26. The van der Waals surface area contributed by atoms with E-state index < -0.39 is 0 Å². The van der Waals surface area contributed by atoms with Crippen LogP contribution in [0.15, 0.2) is 54.1 Å². The van der Waals surface area contributed by atoms with Gasteiger partial charge in [0, 0.05) is 5.56 Å². The fourth-order valence-corrected chi connectivity index (χ4v) is 3.39. The average molecular weight is 380 g/mol. The lowest BCUT2D eigenvalue weighted by Crippen LogP contribution is -2.31. The van der Waals surface area contributed by atoms with Crippen LogP contribution in [0.25, 0.3) is 6.08 Å². The van der Waals surface area contributed by atoms with E-state index >= 15 is 0 Å².